The molecule has 0 bridgehead atoms. The summed E-state index contributed by atoms with van der Waals surface area (Å²) in [7, 11) is -4.02. The molecule has 32 heavy (non-hydrogen) atoms. The number of benzene rings is 3. The third-order valence-corrected chi connectivity index (χ3v) is 6.47. The molecule has 0 atom stereocenters. The Kier molecular flexibility index (Phi) is 7.21. The Morgan fingerprint density at radius 2 is 1.56 bits per heavy atom. The summed E-state index contributed by atoms with van der Waals surface area (Å²) in [5.41, 5.74) is 1.68. The van der Waals surface area contributed by atoms with E-state index in [0.717, 1.165) is 17.7 Å². The molecule has 0 spiro atoms. The topological polar surface area (TPSA) is 107 Å². The molecule has 0 aliphatic rings. The first kappa shape index (κ1) is 23.0. The molecule has 0 saturated heterocycles. The van der Waals surface area contributed by atoms with Crippen LogP contribution >= 0.6 is 0 Å². The molecule has 8 nitrogen and oxygen atoms in total. The predicted molar refractivity (Wildman–Crippen MR) is 120 cm³/mol. The molecule has 0 saturated carbocycles. The third-order valence-electron chi connectivity index (χ3n) is 4.68. The van der Waals surface area contributed by atoms with Gasteiger partial charge in [0.2, 0.25) is 0 Å². The van der Waals surface area contributed by atoms with Crippen LogP contribution in [0.2, 0.25) is 0 Å². The van der Waals surface area contributed by atoms with Gasteiger partial charge >= 0.3 is 5.97 Å². The Balaban J connectivity index is 1.96. The van der Waals surface area contributed by atoms with Gasteiger partial charge in [0, 0.05) is 12.1 Å². The van der Waals surface area contributed by atoms with Crippen LogP contribution in [0.1, 0.15) is 18.1 Å². The van der Waals surface area contributed by atoms with E-state index in [4.69, 9.17) is 4.74 Å². The second-order valence-corrected chi connectivity index (χ2v) is 8.76. The van der Waals surface area contributed by atoms with Gasteiger partial charge in [0.25, 0.3) is 15.7 Å². The van der Waals surface area contributed by atoms with Crippen LogP contribution < -0.4 is 4.31 Å². The van der Waals surface area contributed by atoms with E-state index in [1.165, 1.54) is 16.4 Å². The van der Waals surface area contributed by atoms with Gasteiger partial charge in [-0.15, -0.1) is 0 Å². The number of rotatable bonds is 9. The molecule has 0 aromatic heterocycles. The first-order valence-electron chi connectivity index (χ1n) is 9.87. The number of esters is 1. The zero-order valence-electron chi connectivity index (χ0n) is 17.4. The highest BCUT2D eigenvalue weighted by Crippen LogP contribution is 2.27. The monoisotopic (exact) mass is 454 g/mol. The van der Waals surface area contributed by atoms with Crippen molar-refractivity contribution in [3.05, 3.63) is 100 Å². The number of nitrogens with zero attached hydrogens (tertiary/aromatic N) is 2. The lowest BCUT2D eigenvalue weighted by molar-refractivity contribution is -0.384. The summed E-state index contributed by atoms with van der Waals surface area (Å²) in [6, 6.07) is 20.5. The Bertz CT molecular complexity index is 1180. The highest BCUT2D eigenvalue weighted by atomic mass is 32.2. The lowest BCUT2D eigenvalue weighted by Crippen LogP contribution is -2.30. The van der Waals surface area contributed by atoms with Crippen molar-refractivity contribution < 1.29 is 22.9 Å². The van der Waals surface area contributed by atoms with Crippen molar-refractivity contribution in [2.24, 2.45) is 0 Å². The summed E-state index contributed by atoms with van der Waals surface area (Å²) < 4.78 is 33.1. The Morgan fingerprint density at radius 3 is 2.12 bits per heavy atom. The standard InChI is InChI=1S/C23H22N2O6S/c1-2-31-23(26)16-18-8-10-20(11-9-18)24(17-19-6-4-3-5-7-19)32(29,30)22-14-12-21(13-15-22)25(27)28/h3-15H,2,16-17H2,1H3. The van der Waals surface area contributed by atoms with Gasteiger partial charge in [0.1, 0.15) is 0 Å². The predicted octanol–water partition coefficient (Wildman–Crippen LogP) is 4.10. The maximum atomic E-state index is 13.4. The van der Waals surface area contributed by atoms with Crippen LogP contribution in [0.4, 0.5) is 11.4 Å². The number of anilines is 1. The van der Waals surface area contributed by atoms with E-state index in [1.807, 2.05) is 30.3 Å². The van der Waals surface area contributed by atoms with Crippen LogP contribution in [0.15, 0.2) is 83.8 Å². The molecule has 0 unspecified atom stereocenters. The van der Waals surface area contributed by atoms with E-state index in [2.05, 4.69) is 0 Å². The molecule has 0 fully saturated rings. The fourth-order valence-electron chi connectivity index (χ4n) is 3.09. The van der Waals surface area contributed by atoms with Gasteiger partial charge in [-0.3, -0.25) is 19.2 Å². The normalized spacial score (nSPS) is 11.0. The highest BCUT2D eigenvalue weighted by molar-refractivity contribution is 7.92. The number of nitro benzene ring substituents is 1. The van der Waals surface area contributed by atoms with E-state index in [1.54, 1.807) is 31.2 Å². The molecule has 0 heterocycles. The number of non-ortho nitro benzene ring substituents is 1. The lowest BCUT2D eigenvalue weighted by atomic mass is 10.1. The minimum absolute atomic E-state index is 0.0605. The molecule has 0 amide bonds. The molecule has 166 valence electrons. The Morgan fingerprint density at radius 1 is 0.938 bits per heavy atom. The summed E-state index contributed by atoms with van der Waals surface area (Å²) in [5, 5.41) is 10.9. The second kappa shape index (κ2) is 10.1. The van der Waals surface area contributed by atoms with Gasteiger partial charge in [-0.05, 0) is 42.3 Å². The minimum Gasteiger partial charge on any atom is -0.466 e. The molecule has 3 aromatic carbocycles. The minimum atomic E-state index is -4.02. The molecule has 3 aromatic rings. The van der Waals surface area contributed by atoms with Crippen LogP contribution in [-0.4, -0.2) is 25.9 Å². The highest BCUT2D eigenvalue weighted by Gasteiger charge is 2.26. The van der Waals surface area contributed by atoms with E-state index in [9.17, 15) is 23.3 Å². The van der Waals surface area contributed by atoms with Crippen molar-refractivity contribution in [1.29, 1.82) is 0 Å². The first-order valence-corrected chi connectivity index (χ1v) is 11.3. The molecular formula is C23H22N2O6S. The summed E-state index contributed by atoms with van der Waals surface area (Å²) in [6.45, 7) is 2.08. The fourth-order valence-corrected chi connectivity index (χ4v) is 4.54. The van der Waals surface area contributed by atoms with E-state index in [-0.39, 0.29) is 36.1 Å². The van der Waals surface area contributed by atoms with Crippen molar-refractivity contribution in [3.63, 3.8) is 0 Å². The Labute approximate surface area is 186 Å². The van der Waals surface area contributed by atoms with Crippen LogP contribution in [0.5, 0.6) is 0 Å². The third kappa shape index (κ3) is 5.50. The van der Waals surface area contributed by atoms with Gasteiger partial charge in [-0.1, -0.05) is 42.5 Å². The number of sulfonamides is 1. The summed E-state index contributed by atoms with van der Waals surface area (Å²) in [5.74, 6) is -0.361. The molecule has 0 radical (unpaired) electrons. The van der Waals surface area contributed by atoms with Crippen LogP contribution in [0.25, 0.3) is 0 Å². The molecule has 0 aliphatic heterocycles. The van der Waals surface area contributed by atoms with Gasteiger partial charge in [0.15, 0.2) is 0 Å². The first-order chi connectivity index (χ1) is 15.3. The van der Waals surface area contributed by atoms with E-state index in [0.29, 0.717) is 11.3 Å². The Hall–Kier alpha value is -3.72. The van der Waals surface area contributed by atoms with Gasteiger partial charge in [-0.2, -0.15) is 0 Å². The maximum Gasteiger partial charge on any atom is 0.310 e. The summed E-state index contributed by atoms with van der Waals surface area (Å²) in [6.07, 6.45) is 0.0852. The number of hydrogen-bond donors (Lipinski definition) is 0. The van der Waals surface area contributed by atoms with Gasteiger partial charge in [0.05, 0.1) is 35.1 Å². The number of carbonyl (C=O) groups is 1. The van der Waals surface area contributed by atoms with Gasteiger partial charge < -0.3 is 4.74 Å². The van der Waals surface area contributed by atoms with E-state index < -0.39 is 14.9 Å². The smallest absolute Gasteiger partial charge is 0.310 e. The maximum absolute atomic E-state index is 13.4. The largest absolute Gasteiger partial charge is 0.466 e. The molecule has 3 rings (SSSR count). The number of ether oxygens (including phenoxy) is 1. The number of nitro groups is 1. The van der Waals surface area contributed by atoms with Crippen LogP contribution in [0.3, 0.4) is 0 Å². The molecule has 0 aliphatic carbocycles. The second-order valence-electron chi connectivity index (χ2n) is 6.90. The molecule has 9 heteroatoms. The average molecular weight is 455 g/mol. The van der Waals surface area contributed by atoms with Crippen LogP contribution in [-0.2, 0) is 32.5 Å². The molecule has 0 N–H and O–H groups in total. The van der Waals surface area contributed by atoms with Crippen molar-refractivity contribution in [1.82, 2.24) is 0 Å². The summed E-state index contributed by atoms with van der Waals surface area (Å²) >= 11 is 0. The van der Waals surface area contributed by atoms with Crippen molar-refractivity contribution in [2.75, 3.05) is 10.9 Å². The van der Waals surface area contributed by atoms with Crippen molar-refractivity contribution >= 4 is 27.4 Å². The number of carbonyl (C=O) groups excluding carboxylic acids is 1. The fraction of sp³-hybridized carbons (Fsp3) is 0.174. The van der Waals surface area contributed by atoms with Crippen LogP contribution in [0, 0.1) is 10.1 Å². The SMILES string of the molecule is CCOC(=O)Cc1ccc(N(Cc2ccccc2)S(=O)(=O)c2ccc([N+](=O)[O-])cc2)cc1. The zero-order chi connectivity index (χ0) is 23.1. The van der Waals surface area contributed by atoms with Crippen molar-refractivity contribution in [2.45, 2.75) is 24.8 Å². The number of hydrogen-bond acceptors (Lipinski definition) is 6. The average Bonchev–Trinajstić information content (AvgIpc) is 2.79. The zero-order valence-corrected chi connectivity index (χ0v) is 18.2. The summed E-state index contributed by atoms with van der Waals surface area (Å²) in [4.78, 5) is 22.0. The van der Waals surface area contributed by atoms with Gasteiger partial charge in [-0.25, -0.2) is 8.42 Å². The van der Waals surface area contributed by atoms with Crippen molar-refractivity contribution in [3.8, 4) is 0 Å². The molecular weight excluding hydrogens is 432 g/mol. The lowest BCUT2D eigenvalue weighted by Gasteiger charge is -2.25. The van der Waals surface area contributed by atoms with E-state index >= 15 is 0 Å². The quantitative estimate of drug-likeness (QED) is 0.274.